The summed E-state index contributed by atoms with van der Waals surface area (Å²) in [5.74, 6) is 0.934. The van der Waals surface area contributed by atoms with E-state index in [1.165, 1.54) is 4.88 Å². The van der Waals surface area contributed by atoms with Crippen molar-refractivity contribution in [2.45, 2.75) is 32.9 Å². The Morgan fingerprint density at radius 2 is 2.35 bits per heavy atom. The number of thiazole rings is 1. The lowest BCUT2D eigenvalue weighted by atomic mass is 10.2. The van der Waals surface area contributed by atoms with Crippen LogP contribution in [-0.4, -0.2) is 4.98 Å². The second-order valence-electron chi connectivity index (χ2n) is 3.82. The number of aromatic nitrogens is 1. The van der Waals surface area contributed by atoms with Crippen molar-refractivity contribution in [1.82, 2.24) is 10.3 Å². The van der Waals surface area contributed by atoms with Gasteiger partial charge in [-0.2, -0.15) is 0 Å². The van der Waals surface area contributed by atoms with Gasteiger partial charge in [-0.05, 0) is 41.4 Å². The number of hydrogen-bond donors (Lipinski definition) is 1. The molecule has 0 bridgehead atoms. The van der Waals surface area contributed by atoms with Crippen LogP contribution >= 0.6 is 27.3 Å². The van der Waals surface area contributed by atoms with Gasteiger partial charge in [-0.1, -0.05) is 6.92 Å². The summed E-state index contributed by atoms with van der Waals surface area (Å²) in [7, 11) is 0. The summed E-state index contributed by atoms with van der Waals surface area (Å²) in [5.41, 5.74) is 0. The second kappa shape index (κ2) is 5.80. The average Bonchev–Trinajstić information content (AvgIpc) is 2.94. The lowest BCUT2D eigenvalue weighted by Gasteiger charge is -2.09. The molecule has 2 rings (SSSR count). The Morgan fingerprint density at radius 1 is 1.53 bits per heavy atom. The monoisotopic (exact) mass is 314 g/mol. The highest BCUT2D eigenvalue weighted by atomic mass is 79.9. The van der Waals surface area contributed by atoms with E-state index in [0.717, 1.165) is 28.4 Å². The van der Waals surface area contributed by atoms with Crippen LogP contribution in [0, 0.1) is 0 Å². The van der Waals surface area contributed by atoms with Crippen molar-refractivity contribution in [3.63, 3.8) is 0 Å². The minimum absolute atomic E-state index is 0.190. The molecule has 0 aromatic carbocycles. The van der Waals surface area contributed by atoms with E-state index in [9.17, 15) is 0 Å². The first-order valence-corrected chi connectivity index (χ1v) is 7.22. The number of hydrogen-bond acceptors (Lipinski definition) is 4. The fraction of sp³-hybridized carbons (Fsp3) is 0.417. The van der Waals surface area contributed by atoms with Crippen molar-refractivity contribution in [1.29, 1.82) is 0 Å². The minimum atomic E-state index is 0.190. The Labute approximate surface area is 113 Å². The molecule has 0 saturated heterocycles. The zero-order valence-electron chi connectivity index (χ0n) is 9.87. The van der Waals surface area contributed by atoms with E-state index in [1.807, 2.05) is 18.3 Å². The summed E-state index contributed by atoms with van der Waals surface area (Å²) in [6, 6.07) is 4.07. The molecule has 1 atom stereocenters. The van der Waals surface area contributed by atoms with Crippen molar-refractivity contribution in [3.05, 3.63) is 38.6 Å². The van der Waals surface area contributed by atoms with Gasteiger partial charge in [-0.15, -0.1) is 11.3 Å². The van der Waals surface area contributed by atoms with Crippen LogP contribution < -0.4 is 5.32 Å². The molecular weight excluding hydrogens is 300 g/mol. The molecule has 0 amide bonds. The Morgan fingerprint density at radius 3 is 2.94 bits per heavy atom. The van der Waals surface area contributed by atoms with Crippen molar-refractivity contribution in [2.75, 3.05) is 0 Å². The quantitative estimate of drug-likeness (QED) is 0.909. The van der Waals surface area contributed by atoms with Crippen LogP contribution in [0.3, 0.4) is 0 Å². The SMILES string of the molecule is CCc1cnc(CNC(C)c2ccc(Br)o2)s1. The van der Waals surface area contributed by atoms with Gasteiger partial charge in [0, 0.05) is 17.6 Å². The van der Waals surface area contributed by atoms with Gasteiger partial charge in [0.05, 0.1) is 6.04 Å². The molecule has 1 unspecified atom stereocenters. The molecule has 0 saturated carbocycles. The number of aryl methyl sites for hydroxylation is 1. The normalized spacial score (nSPS) is 12.9. The van der Waals surface area contributed by atoms with Gasteiger partial charge < -0.3 is 9.73 Å². The summed E-state index contributed by atoms with van der Waals surface area (Å²) >= 11 is 5.07. The molecule has 17 heavy (non-hydrogen) atoms. The highest BCUT2D eigenvalue weighted by Crippen LogP contribution is 2.21. The second-order valence-corrected chi connectivity index (χ2v) is 5.80. The standard InChI is InChI=1S/C12H15BrN2OS/c1-3-9-6-15-12(17-9)7-14-8(2)10-4-5-11(13)16-10/h4-6,8,14H,3,7H2,1-2H3. The number of halogens is 1. The maximum absolute atomic E-state index is 5.50. The number of nitrogens with one attached hydrogen (secondary N) is 1. The lowest BCUT2D eigenvalue weighted by molar-refractivity contribution is 0.417. The van der Waals surface area contributed by atoms with Gasteiger partial charge in [0.25, 0.3) is 0 Å². The molecule has 0 radical (unpaired) electrons. The molecule has 0 aliphatic heterocycles. The van der Waals surface area contributed by atoms with Gasteiger partial charge in [-0.25, -0.2) is 4.98 Å². The minimum Gasteiger partial charge on any atom is -0.453 e. The summed E-state index contributed by atoms with van der Waals surface area (Å²) in [5, 5.41) is 4.52. The van der Waals surface area contributed by atoms with Crippen LogP contribution in [-0.2, 0) is 13.0 Å². The summed E-state index contributed by atoms with van der Waals surface area (Å²) in [4.78, 5) is 5.70. The van der Waals surface area contributed by atoms with Gasteiger partial charge in [0.1, 0.15) is 10.8 Å². The van der Waals surface area contributed by atoms with E-state index in [1.54, 1.807) is 11.3 Å². The van der Waals surface area contributed by atoms with Crippen LogP contribution in [0.15, 0.2) is 27.4 Å². The Bertz CT molecular complexity index is 480. The molecule has 92 valence electrons. The number of furan rings is 1. The predicted octanol–water partition coefficient (Wildman–Crippen LogP) is 3.91. The third-order valence-electron chi connectivity index (χ3n) is 2.53. The first-order chi connectivity index (χ1) is 8.19. The molecular formula is C12H15BrN2OS. The van der Waals surface area contributed by atoms with Crippen molar-refractivity contribution >= 4 is 27.3 Å². The van der Waals surface area contributed by atoms with Crippen LogP contribution in [0.25, 0.3) is 0 Å². The van der Waals surface area contributed by atoms with Crippen LogP contribution in [0.1, 0.15) is 35.5 Å². The molecule has 5 heteroatoms. The molecule has 1 N–H and O–H groups in total. The van der Waals surface area contributed by atoms with Gasteiger partial charge in [0.15, 0.2) is 4.67 Å². The average molecular weight is 315 g/mol. The maximum atomic E-state index is 5.50. The van der Waals surface area contributed by atoms with E-state index < -0.39 is 0 Å². The van der Waals surface area contributed by atoms with E-state index in [2.05, 4.69) is 40.1 Å². The molecule has 2 aromatic rings. The highest BCUT2D eigenvalue weighted by Gasteiger charge is 2.10. The molecule has 0 aliphatic rings. The smallest absolute Gasteiger partial charge is 0.169 e. The molecule has 0 spiro atoms. The van der Waals surface area contributed by atoms with Crippen molar-refractivity contribution in [2.24, 2.45) is 0 Å². The first kappa shape index (κ1) is 12.8. The number of nitrogens with zero attached hydrogens (tertiary/aromatic N) is 1. The van der Waals surface area contributed by atoms with Gasteiger partial charge in [-0.3, -0.25) is 0 Å². The van der Waals surface area contributed by atoms with Crippen molar-refractivity contribution < 1.29 is 4.42 Å². The van der Waals surface area contributed by atoms with Crippen molar-refractivity contribution in [3.8, 4) is 0 Å². The zero-order chi connectivity index (χ0) is 12.3. The van der Waals surface area contributed by atoms with E-state index in [0.29, 0.717) is 0 Å². The summed E-state index contributed by atoms with van der Waals surface area (Å²) < 4.78 is 6.26. The third kappa shape index (κ3) is 3.40. The lowest BCUT2D eigenvalue weighted by Crippen LogP contribution is -2.17. The van der Waals surface area contributed by atoms with Crippen LogP contribution in [0.2, 0.25) is 0 Å². The van der Waals surface area contributed by atoms with Gasteiger partial charge >= 0.3 is 0 Å². The Hall–Kier alpha value is -0.650. The molecule has 2 heterocycles. The Kier molecular flexibility index (Phi) is 4.36. The predicted molar refractivity (Wildman–Crippen MR) is 73.2 cm³/mol. The molecule has 3 nitrogen and oxygen atoms in total. The molecule has 2 aromatic heterocycles. The third-order valence-corrected chi connectivity index (χ3v) is 4.10. The topological polar surface area (TPSA) is 38.1 Å². The fourth-order valence-corrected chi connectivity index (χ4v) is 2.63. The largest absolute Gasteiger partial charge is 0.453 e. The molecule has 0 aliphatic carbocycles. The summed E-state index contributed by atoms with van der Waals surface area (Å²) in [6.07, 6.45) is 3.01. The Balaban J connectivity index is 1.89. The maximum Gasteiger partial charge on any atom is 0.169 e. The van der Waals surface area contributed by atoms with Gasteiger partial charge in [0.2, 0.25) is 0 Å². The zero-order valence-corrected chi connectivity index (χ0v) is 12.3. The molecule has 0 fully saturated rings. The highest BCUT2D eigenvalue weighted by molar-refractivity contribution is 9.10. The number of rotatable bonds is 5. The van der Waals surface area contributed by atoms with Crippen LogP contribution in [0.4, 0.5) is 0 Å². The fourth-order valence-electron chi connectivity index (χ4n) is 1.50. The van der Waals surface area contributed by atoms with E-state index in [-0.39, 0.29) is 6.04 Å². The summed E-state index contributed by atoms with van der Waals surface area (Å²) in [6.45, 7) is 5.01. The van der Waals surface area contributed by atoms with Crippen LogP contribution in [0.5, 0.6) is 0 Å². The van der Waals surface area contributed by atoms with E-state index in [4.69, 9.17) is 4.42 Å². The van der Waals surface area contributed by atoms with E-state index >= 15 is 0 Å². The first-order valence-electron chi connectivity index (χ1n) is 5.61.